The Labute approximate surface area is 170 Å². The Morgan fingerprint density at radius 3 is 2.38 bits per heavy atom. The Morgan fingerprint density at radius 2 is 1.69 bits per heavy atom. The van der Waals surface area contributed by atoms with Crippen LogP contribution in [0.1, 0.15) is 49.9 Å². The maximum absolute atomic E-state index is 12.5. The van der Waals surface area contributed by atoms with Crippen molar-refractivity contribution in [2.45, 2.75) is 20.5 Å². The molecule has 0 saturated carbocycles. The summed E-state index contributed by atoms with van der Waals surface area (Å²) < 4.78 is 15.4. The molecule has 0 aliphatic carbocycles. The molecule has 2 heterocycles. The van der Waals surface area contributed by atoms with Gasteiger partial charge in [-0.05, 0) is 26.0 Å². The molecule has 0 saturated heterocycles. The lowest BCUT2D eigenvalue weighted by Crippen LogP contribution is -2.14. The number of nitrogens with one attached hydrogen (secondary N) is 1. The van der Waals surface area contributed by atoms with Gasteiger partial charge < -0.3 is 24.9 Å². The van der Waals surface area contributed by atoms with Crippen LogP contribution < -0.4 is 5.73 Å². The molecule has 3 aromatic rings. The van der Waals surface area contributed by atoms with E-state index in [0.717, 1.165) is 22.2 Å². The van der Waals surface area contributed by atoms with Gasteiger partial charge in [-0.3, -0.25) is 0 Å². The summed E-state index contributed by atoms with van der Waals surface area (Å²) in [5.41, 5.74) is 7.18. The SMILES string of the molecule is CCOC(=O)c1sc(N)c(C(=O)OCC)c1COC(=O)c1cc2ccccc2[nH]1. The van der Waals surface area contributed by atoms with E-state index >= 15 is 0 Å². The van der Waals surface area contributed by atoms with Crippen molar-refractivity contribution < 1.29 is 28.6 Å². The van der Waals surface area contributed by atoms with Crippen LogP contribution in [0.4, 0.5) is 5.00 Å². The van der Waals surface area contributed by atoms with E-state index in [4.69, 9.17) is 19.9 Å². The summed E-state index contributed by atoms with van der Waals surface area (Å²) in [6.45, 7) is 3.28. The zero-order chi connectivity index (χ0) is 21.0. The number of aromatic nitrogens is 1. The molecule has 9 heteroatoms. The van der Waals surface area contributed by atoms with Crippen molar-refractivity contribution in [1.82, 2.24) is 4.98 Å². The monoisotopic (exact) mass is 416 g/mol. The van der Waals surface area contributed by atoms with E-state index in [9.17, 15) is 14.4 Å². The second-order valence-electron chi connectivity index (χ2n) is 5.94. The molecule has 8 nitrogen and oxygen atoms in total. The first-order valence-corrected chi connectivity index (χ1v) is 9.78. The summed E-state index contributed by atoms with van der Waals surface area (Å²) in [7, 11) is 0. The Kier molecular flexibility index (Phi) is 6.18. The number of esters is 3. The van der Waals surface area contributed by atoms with E-state index in [1.54, 1.807) is 19.9 Å². The van der Waals surface area contributed by atoms with Gasteiger partial charge in [0, 0.05) is 16.5 Å². The van der Waals surface area contributed by atoms with Gasteiger partial charge in [0.05, 0.1) is 13.2 Å². The number of hydrogen-bond acceptors (Lipinski definition) is 8. The van der Waals surface area contributed by atoms with Crippen LogP contribution in [0.3, 0.4) is 0 Å². The second kappa shape index (κ2) is 8.78. The number of H-pyrrole nitrogens is 1. The van der Waals surface area contributed by atoms with Crippen molar-refractivity contribution in [3.63, 3.8) is 0 Å². The van der Waals surface area contributed by atoms with E-state index in [1.807, 2.05) is 24.3 Å². The molecule has 0 bridgehead atoms. The third kappa shape index (κ3) is 4.24. The number of carbonyl (C=O) groups excluding carboxylic acids is 3. The normalized spacial score (nSPS) is 10.7. The number of aromatic amines is 1. The van der Waals surface area contributed by atoms with Crippen LogP contribution in [-0.2, 0) is 20.8 Å². The van der Waals surface area contributed by atoms with Gasteiger partial charge in [0.15, 0.2) is 0 Å². The van der Waals surface area contributed by atoms with Crippen LogP contribution in [0.25, 0.3) is 10.9 Å². The van der Waals surface area contributed by atoms with Crippen molar-refractivity contribution in [2.24, 2.45) is 0 Å². The Balaban J connectivity index is 1.88. The molecule has 0 aliphatic rings. The largest absolute Gasteiger partial charge is 0.462 e. The molecule has 0 fully saturated rings. The molecule has 0 amide bonds. The number of hydrogen-bond donors (Lipinski definition) is 2. The zero-order valence-corrected chi connectivity index (χ0v) is 16.8. The fraction of sp³-hybridized carbons (Fsp3) is 0.250. The maximum atomic E-state index is 12.5. The predicted molar refractivity (Wildman–Crippen MR) is 108 cm³/mol. The predicted octanol–water partition coefficient (Wildman–Crippen LogP) is 3.52. The molecule has 152 valence electrons. The van der Waals surface area contributed by atoms with E-state index in [-0.39, 0.29) is 46.5 Å². The van der Waals surface area contributed by atoms with Crippen molar-refractivity contribution in [1.29, 1.82) is 0 Å². The van der Waals surface area contributed by atoms with Crippen LogP contribution >= 0.6 is 11.3 Å². The van der Waals surface area contributed by atoms with Crippen LogP contribution in [0, 0.1) is 0 Å². The molecule has 3 rings (SSSR count). The van der Waals surface area contributed by atoms with Crippen LogP contribution in [0.5, 0.6) is 0 Å². The fourth-order valence-electron chi connectivity index (χ4n) is 2.81. The minimum absolute atomic E-state index is 0.0179. The number of ether oxygens (including phenoxy) is 3. The number of rotatable bonds is 7. The molecule has 0 radical (unpaired) electrons. The molecule has 1 aromatic carbocycles. The number of benzene rings is 1. The third-order valence-electron chi connectivity index (χ3n) is 4.07. The number of fused-ring (bicyclic) bond motifs is 1. The third-order valence-corrected chi connectivity index (χ3v) is 5.11. The first-order valence-electron chi connectivity index (χ1n) is 8.96. The first-order chi connectivity index (χ1) is 14.0. The Bertz CT molecular complexity index is 1040. The summed E-state index contributed by atoms with van der Waals surface area (Å²) in [5.74, 6) is -1.96. The minimum atomic E-state index is -0.687. The first kappa shape index (κ1) is 20.4. The molecule has 29 heavy (non-hydrogen) atoms. The topological polar surface area (TPSA) is 121 Å². The van der Waals surface area contributed by atoms with E-state index < -0.39 is 17.9 Å². The van der Waals surface area contributed by atoms with Gasteiger partial charge >= 0.3 is 17.9 Å². The maximum Gasteiger partial charge on any atom is 0.355 e. The van der Waals surface area contributed by atoms with Gasteiger partial charge in [-0.15, -0.1) is 11.3 Å². The summed E-state index contributed by atoms with van der Waals surface area (Å²) in [4.78, 5) is 40.2. The molecule has 0 atom stereocenters. The van der Waals surface area contributed by atoms with Gasteiger partial charge in [-0.2, -0.15) is 0 Å². The summed E-state index contributed by atoms with van der Waals surface area (Å²) >= 11 is 0.898. The highest BCUT2D eigenvalue weighted by Gasteiger charge is 2.28. The number of nitrogen functional groups attached to an aromatic ring is 1. The quantitative estimate of drug-likeness (QED) is 0.446. The highest BCUT2D eigenvalue weighted by atomic mass is 32.1. The lowest BCUT2D eigenvalue weighted by Gasteiger charge is -2.08. The summed E-state index contributed by atoms with van der Waals surface area (Å²) in [6, 6.07) is 9.07. The Morgan fingerprint density at radius 1 is 1.00 bits per heavy atom. The van der Waals surface area contributed by atoms with E-state index in [2.05, 4.69) is 4.98 Å². The van der Waals surface area contributed by atoms with Crippen LogP contribution in [0.15, 0.2) is 30.3 Å². The van der Waals surface area contributed by atoms with Crippen LogP contribution in [0.2, 0.25) is 0 Å². The molecule has 0 aliphatic heterocycles. The Hall–Kier alpha value is -3.33. The van der Waals surface area contributed by atoms with Gasteiger partial charge in [-0.1, -0.05) is 18.2 Å². The van der Waals surface area contributed by atoms with E-state index in [0.29, 0.717) is 0 Å². The zero-order valence-electron chi connectivity index (χ0n) is 15.9. The number of carbonyl (C=O) groups is 3. The van der Waals surface area contributed by atoms with Crippen molar-refractivity contribution >= 4 is 45.1 Å². The lowest BCUT2D eigenvalue weighted by molar-refractivity contribution is 0.0433. The molecular weight excluding hydrogens is 396 g/mol. The minimum Gasteiger partial charge on any atom is -0.462 e. The van der Waals surface area contributed by atoms with Crippen molar-refractivity contribution in [3.05, 3.63) is 52.0 Å². The molecular formula is C20H20N2O6S. The second-order valence-corrected chi connectivity index (χ2v) is 6.99. The highest BCUT2D eigenvalue weighted by molar-refractivity contribution is 7.18. The fourth-order valence-corrected chi connectivity index (χ4v) is 3.76. The van der Waals surface area contributed by atoms with Gasteiger partial charge in [-0.25, -0.2) is 14.4 Å². The van der Waals surface area contributed by atoms with Gasteiger partial charge in [0.2, 0.25) is 0 Å². The standard InChI is InChI=1S/C20H20N2O6S/c1-3-26-19(24)15-12(16(29-17(15)21)20(25)27-4-2)10-28-18(23)14-9-11-7-5-6-8-13(11)22-14/h5-9,22H,3-4,10,21H2,1-2H3. The van der Waals surface area contributed by atoms with Gasteiger partial charge in [0.1, 0.15) is 27.7 Å². The molecule has 0 spiro atoms. The molecule has 0 unspecified atom stereocenters. The smallest absolute Gasteiger partial charge is 0.355 e. The number of para-hydroxylation sites is 1. The number of thiophene rings is 1. The summed E-state index contributed by atoms with van der Waals surface area (Å²) in [6.07, 6.45) is 0. The van der Waals surface area contributed by atoms with Gasteiger partial charge in [0.25, 0.3) is 0 Å². The highest BCUT2D eigenvalue weighted by Crippen LogP contribution is 2.33. The van der Waals surface area contributed by atoms with E-state index in [1.165, 1.54) is 0 Å². The summed E-state index contributed by atoms with van der Waals surface area (Å²) in [5, 5.41) is 0.960. The average Bonchev–Trinajstić information content (AvgIpc) is 3.27. The number of nitrogens with two attached hydrogens (primary N) is 1. The number of anilines is 1. The molecule has 2 aromatic heterocycles. The average molecular weight is 416 g/mol. The molecule has 3 N–H and O–H groups in total. The van der Waals surface area contributed by atoms with Crippen molar-refractivity contribution in [2.75, 3.05) is 18.9 Å². The lowest BCUT2D eigenvalue weighted by atomic mass is 10.1. The van der Waals surface area contributed by atoms with Crippen LogP contribution in [-0.4, -0.2) is 36.1 Å². The van der Waals surface area contributed by atoms with Crippen molar-refractivity contribution in [3.8, 4) is 0 Å².